The molecule has 0 amide bonds. The van der Waals surface area contributed by atoms with E-state index in [0.717, 1.165) is 5.69 Å². The molecule has 24 heavy (non-hydrogen) atoms. The highest BCUT2D eigenvalue weighted by Crippen LogP contribution is 2.27. The van der Waals surface area contributed by atoms with Crippen LogP contribution in [0.3, 0.4) is 0 Å². The van der Waals surface area contributed by atoms with Gasteiger partial charge in [-0.25, -0.2) is 4.39 Å². The summed E-state index contributed by atoms with van der Waals surface area (Å²) in [5.74, 6) is 0.132. The van der Waals surface area contributed by atoms with Gasteiger partial charge in [-0.2, -0.15) is 4.98 Å². The largest absolute Gasteiger partial charge is 0.303 e. The fourth-order valence-corrected chi connectivity index (χ4v) is 2.97. The van der Waals surface area contributed by atoms with Crippen LogP contribution < -0.4 is 5.56 Å². The van der Waals surface area contributed by atoms with Crippen molar-refractivity contribution >= 4 is 17.3 Å². The molecule has 0 saturated carbocycles. The Labute approximate surface area is 141 Å². The van der Waals surface area contributed by atoms with Gasteiger partial charge in [-0.1, -0.05) is 23.7 Å². The molecular weight excluding hydrogens is 329 g/mol. The van der Waals surface area contributed by atoms with Gasteiger partial charge in [0.1, 0.15) is 11.6 Å². The Morgan fingerprint density at radius 2 is 1.92 bits per heavy atom. The minimum absolute atomic E-state index is 0.173. The third kappa shape index (κ3) is 2.43. The summed E-state index contributed by atoms with van der Waals surface area (Å²) in [5.41, 5.74) is 1.99. The van der Waals surface area contributed by atoms with Crippen molar-refractivity contribution in [2.24, 2.45) is 4.99 Å². The Bertz CT molecular complexity index is 1040. The molecule has 0 bridgehead atoms. The molecule has 2 heterocycles. The third-order valence-corrected chi connectivity index (χ3v) is 4.10. The normalized spacial score (nSPS) is 12.8. The fourth-order valence-electron chi connectivity index (χ4n) is 2.80. The highest BCUT2D eigenvalue weighted by molar-refractivity contribution is 6.31. The van der Waals surface area contributed by atoms with Gasteiger partial charge < -0.3 is 4.57 Å². The van der Waals surface area contributed by atoms with Crippen LogP contribution in [0.15, 0.2) is 64.5 Å². The van der Waals surface area contributed by atoms with Gasteiger partial charge in [-0.3, -0.25) is 9.79 Å². The van der Waals surface area contributed by atoms with Crippen molar-refractivity contribution in [3.63, 3.8) is 0 Å². The number of rotatable bonds is 1. The predicted octanol–water partition coefficient (Wildman–Crippen LogP) is 3.38. The maximum absolute atomic E-state index is 14.3. The first-order chi connectivity index (χ1) is 11.6. The zero-order valence-electron chi connectivity index (χ0n) is 12.4. The van der Waals surface area contributed by atoms with Crippen molar-refractivity contribution in [1.82, 2.24) is 9.55 Å². The summed E-state index contributed by atoms with van der Waals surface area (Å²) in [6.07, 6.45) is 1.65. The van der Waals surface area contributed by atoms with Crippen LogP contribution in [0, 0.1) is 5.82 Å². The van der Waals surface area contributed by atoms with E-state index < -0.39 is 0 Å². The average molecular weight is 340 g/mol. The minimum Gasteiger partial charge on any atom is -0.303 e. The fraction of sp³-hybridized carbons (Fsp3) is 0.0556. The van der Waals surface area contributed by atoms with Gasteiger partial charge in [0.05, 0.1) is 17.9 Å². The van der Waals surface area contributed by atoms with Crippen LogP contribution in [0.4, 0.5) is 4.39 Å². The molecule has 0 saturated heterocycles. The van der Waals surface area contributed by atoms with Crippen LogP contribution in [-0.2, 0) is 6.54 Å². The molecule has 3 aromatic rings. The summed E-state index contributed by atoms with van der Waals surface area (Å²) in [6, 6.07) is 13.1. The van der Waals surface area contributed by atoms with E-state index in [-0.39, 0.29) is 17.9 Å². The zero-order valence-corrected chi connectivity index (χ0v) is 13.2. The molecule has 1 aromatic heterocycles. The van der Waals surface area contributed by atoms with E-state index in [1.807, 2.05) is 6.07 Å². The molecule has 4 rings (SSSR count). The molecular formula is C18H11ClFN3O. The van der Waals surface area contributed by atoms with Crippen molar-refractivity contribution in [3.05, 3.63) is 92.9 Å². The Morgan fingerprint density at radius 1 is 1.08 bits per heavy atom. The molecule has 1 aliphatic rings. The van der Waals surface area contributed by atoms with E-state index in [4.69, 9.17) is 11.6 Å². The summed E-state index contributed by atoms with van der Waals surface area (Å²) >= 11 is 6.15. The van der Waals surface area contributed by atoms with Crippen molar-refractivity contribution in [2.45, 2.75) is 6.54 Å². The minimum atomic E-state index is -0.365. The molecule has 0 aliphatic carbocycles. The molecule has 0 N–H and O–H groups in total. The molecule has 6 heteroatoms. The Kier molecular flexibility index (Phi) is 3.50. The van der Waals surface area contributed by atoms with E-state index in [9.17, 15) is 9.18 Å². The second-order valence-corrected chi connectivity index (χ2v) is 5.79. The lowest BCUT2D eigenvalue weighted by Gasteiger charge is -2.14. The van der Waals surface area contributed by atoms with Crippen LogP contribution >= 0.6 is 11.6 Å². The average Bonchev–Trinajstić information content (AvgIpc) is 2.72. The van der Waals surface area contributed by atoms with E-state index >= 15 is 0 Å². The van der Waals surface area contributed by atoms with Crippen LogP contribution in [0.1, 0.15) is 17.0 Å². The zero-order chi connectivity index (χ0) is 16.7. The molecule has 1 aliphatic heterocycles. The summed E-state index contributed by atoms with van der Waals surface area (Å²) in [4.78, 5) is 20.1. The highest BCUT2D eigenvalue weighted by Gasteiger charge is 2.21. The van der Waals surface area contributed by atoms with Crippen molar-refractivity contribution in [2.75, 3.05) is 0 Å². The van der Waals surface area contributed by atoms with Crippen molar-refractivity contribution in [3.8, 4) is 5.69 Å². The highest BCUT2D eigenvalue weighted by atomic mass is 35.5. The van der Waals surface area contributed by atoms with Crippen molar-refractivity contribution < 1.29 is 4.39 Å². The first kappa shape index (κ1) is 14.8. The topological polar surface area (TPSA) is 47.2 Å². The number of hydrogen-bond donors (Lipinski definition) is 0. The molecule has 4 nitrogen and oxygen atoms in total. The standard InChI is InChI=1S/C18H11ClFN3O/c19-11-5-6-15-13(9-11)18(12-3-1-2-4-14(12)20)21-10-16-22-17(24)7-8-23(15)16/h1-9H,10H2. The van der Waals surface area contributed by atoms with Gasteiger partial charge in [0.2, 0.25) is 0 Å². The van der Waals surface area contributed by atoms with Crippen LogP contribution in [0.5, 0.6) is 0 Å². The molecule has 2 aromatic carbocycles. The molecule has 0 unspecified atom stereocenters. The maximum atomic E-state index is 14.3. The lowest BCUT2D eigenvalue weighted by molar-refractivity contribution is 0.625. The number of aromatic nitrogens is 2. The second-order valence-electron chi connectivity index (χ2n) is 5.36. The number of hydrogen-bond acceptors (Lipinski definition) is 3. The van der Waals surface area contributed by atoms with Gasteiger partial charge in [0.25, 0.3) is 5.56 Å². The summed E-state index contributed by atoms with van der Waals surface area (Å²) in [6.45, 7) is 0.173. The lowest BCUT2D eigenvalue weighted by Crippen LogP contribution is -2.15. The predicted molar refractivity (Wildman–Crippen MR) is 90.6 cm³/mol. The van der Waals surface area contributed by atoms with Crippen LogP contribution in [0.25, 0.3) is 5.69 Å². The lowest BCUT2D eigenvalue weighted by atomic mass is 10.00. The SMILES string of the molecule is O=c1ccn2c(n1)CN=C(c1ccccc1F)c1cc(Cl)ccc1-2. The van der Waals surface area contributed by atoms with E-state index in [2.05, 4.69) is 9.98 Å². The van der Waals surface area contributed by atoms with Gasteiger partial charge >= 0.3 is 0 Å². The molecule has 0 fully saturated rings. The third-order valence-electron chi connectivity index (χ3n) is 3.86. The number of fused-ring (bicyclic) bond motifs is 3. The first-order valence-corrected chi connectivity index (χ1v) is 7.69. The van der Waals surface area contributed by atoms with E-state index in [1.165, 1.54) is 12.1 Å². The van der Waals surface area contributed by atoms with Gasteiger partial charge in [0.15, 0.2) is 0 Å². The summed E-state index contributed by atoms with van der Waals surface area (Å²) in [5, 5.41) is 0.523. The summed E-state index contributed by atoms with van der Waals surface area (Å²) < 4.78 is 16.1. The Morgan fingerprint density at radius 3 is 2.75 bits per heavy atom. The molecule has 0 spiro atoms. The molecule has 0 atom stereocenters. The van der Waals surface area contributed by atoms with Crippen LogP contribution in [0.2, 0.25) is 5.02 Å². The van der Waals surface area contributed by atoms with Crippen molar-refractivity contribution in [1.29, 1.82) is 0 Å². The quantitative estimate of drug-likeness (QED) is 0.682. The number of nitrogens with zero attached hydrogens (tertiary/aromatic N) is 3. The Balaban J connectivity index is 2.03. The van der Waals surface area contributed by atoms with E-state index in [1.54, 1.807) is 41.1 Å². The number of aliphatic imine (C=N–C) groups is 1. The molecule has 118 valence electrons. The maximum Gasteiger partial charge on any atom is 0.272 e. The van der Waals surface area contributed by atoms with Gasteiger partial charge in [-0.05, 0) is 30.3 Å². The second kappa shape index (κ2) is 5.69. The Hall–Kier alpha value is -2.79. The smallest absolute Gasteiger partial charge is 0.272 e. The monoisotopic (exact) mass is 339 g/mol. The number of halogens is 2. The first-order valence-electron chi connectivity index (χ1n) is 7.32. The summed E-state index contributed by atoms with van der Waals surface area (Å²) in [7, 11) is 0. The molecule has 0 radical (unpaired) electrons. The van der Waals surface area contributed by atoms with Crippen LogP contribution in [-0.4, -0.2) is 15.3 Å². The van der Waals surface area contributed by atoms with E-state index in [0.29, 0.717) is 27.7 Å². The number of benzene rings is 2. The van der Waals surface area contributed by atoms with Gasteiger partial charge in [0, 0.05) is 28.4 Å². The van der Waals surface area contributed by atoms with Gasteiger partial charge in [-0.15, -0.1) is 0 Å².